The van der Waals surface area contributed by atoms with Crippen molar-refractivity contribution in [2.75, 3.05) is 6.54 Å². The second kappa shape index (κ2) is 7.82. The van der Waals surface area contributed by atoms with Crippen LogP contribution in [0.5, 0.6) is 0 Å². The quantitative estimate of drug-likeness (QED) is 0.797. The number of nitrogens with one attached hydrogen (secondary N) is 1. The van der Waals surface area contributed by atoms with Crippen LogP contribution in [0, 0.1) is 5.92 Å². The molecule has 0 aromatic carbocycles. The number of hydrogen-bond acceptors (Lipinski definition) is 2. The summed E-state index contributed by atoms with van der Waals surface area (Å²) in [5.41, 5.74) is 2.61. The maximum Gasteiger partial charge on any atom is 0.0625 e. The van der Waals surface area contributed by atoms with Crippen LogP contribution in [0.25, 0.3) is 0 Å². The SMILES string of the molecule is CCCNC(c1cc(CC)nn1C)C1CCCCCC1. The van der Waals surface area contributed by atoms with E-state index in [0.29, 0.717) is 6.04 Å². The van der Waals surface area contributed by atoms with E-state index in [-0.39, 0.29) is 0 Å². The highest BCUT2D eigenvalue weighted by Crippen LogP contribution is 2.33. The molecule has 0 amide bonds. The zero-order valence-corrected chi connectivity index (χ0v) is 13.5. The van der Waals surface area contributed by atoms with Crippen molar-refractivity contribution >= 4 is 0 Å². The van der Waals surface area contributed by atoms with E-state index in [1.54, 1.807) is 0 Å². The predicted molar refractivity (Wildman–Crippen MR) is 84.8 cm³/mol. The first-order chi connectivity index (χ1) is 9.76. The fourth-order valence-corrected chi connectivity index (χ4v) is 3.46. The molecule has 114 valence electrons. The minimum absolute atomic E-state index is 0.492. The van der Waals surface area contributed by atoms with Crippen molar-refractivity contribution < 1.29 is 0 Å². The lowest BCUT2D eigenvalue weighted by molar-refractivity contribution is 0.312. The molecule has 3 nitrogen and oxygen atoms in total. The highest BCUT2D eigenvalue weighted by atomic mass is 15.3. The van der Waals surface area contributed by atoms with Gasteiger partial charge in [0.1, 0.15) is 0 Å². The van der Waals surface area contributed by atoms with Crippen LogP contribution in [0.1, 0.15) is 76.2 Å². The molecular formula is C17H31N3. The zero-order chi connectivity index (χ0) is 14.4. The highest BCUT2D eigenvalue weighted by Gasteiger charge is 2.26. The Morgan fingerprint density at radius 3 is 2.50 bits per heavy atom. The van der Waals surface area contributed by atoms with Crippen LogP contribution in [0.3, 0.4) is 0 Å². The lowest BCUT2D eigenvalue weighted by Gasteiger charge is -2.27. The maximum absolute atomic E-state index is 4.65. The normalized spacial score (nSPS) is 18.9. The average Bonchev–Trinajstić information content (AvgIpc) is 2.67. The molecule has 1 fully saturated rings. The van der Waals surface area contributed by atoms with E-state index in [9.17, 15) is 0 Å². The average molecular weight is 277 g/mol. The van der Waals surface area contributed by atoms with Gasteiger partial charge in [0.05, 0.1) is 17.4 Å². The summed E-state index contributed by atoms with van der Waals surface area (Å²) >= 11 is 0. The van der Waals surface area contributed by atoms with E-state index in [0.717, 1.165) is 18.9 Å². The number of rotatable bonds is 6. The van der Waals surface area contributed by atoms with E-state index in [1.807, 2.05) is 0 Å². The lowest BCUT2D eigenvalue weighted by Crippen LogP contribution is -2.30. The number of hydrogen-bond donors (Lipinski definition) is 1. The molecule has 0 radical (unpaired) electrons. The first-order valence-corrected chi connectivity index (χ1v) is 8.52. The van der Waals surface area contributed by atoms with Crippen molar-refractivity contribution in [3.63, 3.8) is 0 Å². The second-order valence-electron chi connectivity index (χ2n) is 6.22. The number of nitrogens with zero attached hydrogens (tertiary/aromatic N) is 2. The largest absolute Gasteiger partial charge is 0.308 e. The molecular weight excluding hydrogens is 246 g/mol. The molecule has 1 saturated carbocycles. The molecule has 1 N–H and O–H groups in total. The van der Waals surface area contributed by atoms with Gasteiger partial charge in [-0.2, -0.15) is 5.10 Å². The van der Waals surface area contributed by atoms with Crippen LogP contribution in [-0.2, 0) is 13.5 Å². The van der Waals surface area contributed by atoms with Gasteiger partial charge in [0.15, 0.2) is 0 Å². The van der Waals surface area contributed by atoms with Gasteiger partial charge >= 0.3 is 0 Å². The summed E-state index contributed by atoms with van der Waals surface area (Å²) < 4.78 is 2.11. The summed E-state index contributed by atoms with van der Waals surface area (Å²) in [5, 5.41) is 8.45. The van der Waals surface area contributed by atoms with E-state index in [4.69, 9.17) is 0 Å². The van der Waals surface area contributed by atoms with Crippen LogP contribution in [-0.4, -0.2) is 16.3 Å². The molecule has 0 bridgehead atoms. The number of aryl methyl sites for hydroxylation is 2. The summed E-state index contributed by atoms with van der Waals surface area (Å²) in [6, 6.07) is 2.81. The van der Waals surface area contributed by atoms with Gasteiger partial charge in [-0.3, -0.25) is 4.68 Å². The van der Waals surface area contributed by atoms with Gasteiger partial charge in [-0.15, -0.1) is 0 Å². The first-order valence-electron chi connectivity index (χ1n) is 8.52. The molecule has 0 spiro atoms. The van der Waals surface area contributed by atoms with Gasteiger partial charge < -0.3 is 5.32 Å². The Kier molecular flexibility index (Phi) is 6.08. The van der Waals surface area contributed by atoms with Crippen molar-refractivity contribution in [2.24, 2.45) is 13.0 Å². The van der Waals surface area contributed by atoms with Gasteiger partial charge in [-0.25, -0.2) is 0 Å². The maximum atomic E-state index is 4.65. The smallest absolute Gasteiger partial charge is 0.0625 e. The van der Waals surface area contributed by atoms with E-state index >= 15 is 0 Å². The molecule has 0 aliphatic heterocycles. The third-order valence-electron chi connectivity index (χ3n) is 4.63. The molecule has 0 saturated heterocycles. The Bertz CT molecular complexity index is 389. The van der Waals surface area contributed by atoms with Gasteiger partial charge in [0.25, 0.3) is 0 Å². The van der Waals surface area contributed by atoms with Gasteiger partial charge in [0.2, 0.25) is 0 Å². The topological polar surface area (TPSA) is 29.9 Å². The molecule has 1 aliphatic rings. The molecule has 1 unspecified atom stereocenters. The van der Waals surface area contributed by atoms with E-state index in [1.165, 1.54) is 56.3 Å². The Balaban J connectivity index is 2.18. The third kappa shape index (κ3) is 3.85. The Labute approximate surface area is 124 Å². The molecule has 1 heterocycles. The summed E-state index contributed by atoms with van der Waals surface area (Å²) in [5.74, 6) is 0.782. The Morgan fingerprint density at radius 2 is 1.95 bits per heavy atom. The monoisotopic (exact) mass is 277 g/mol. The van der Waals surface area contributed by atoms with Crippen LogP contribution in [0.15, 0.2) is 6.07 Å². The third-order valence-corrected chi connectivity index (χ3v) is 4.63. The molecule has 1 aromatic heterocycles. The van der Waals surface area contributed by atoms with Crippen molar-refractivity contribution in [1.82, 2.24) is 15.1 Å². The Morgan fingerprint density at radius 1 is 1.25 bits per heavy atom. The molecule has 1 aromatic rings. The van der Waals surface area contributed by atoms with Crippen LogP contribution in [0.2, 0.25) is 0 Å². The van der Waals surface area contributed by atoms with E-state index in [2.05, 4.69) is 42.1 Å². The molecule has 20 heavy (non-hydrogen) atoms. The van der Waals surface area contributed by atoms with Crippen molar-refractivity contribution in [3.8, 4) is 0 Å². The minimum atomic E-state index is 0.492. The van der Waals surface area contributed by atoms with Crippen molar-refractivity contribution in [2.45, 2.75) is 71.3 Å². The van der Waals surface area contributed by atoms with Crippen LogP contribution >= 0.6 is 0 Å². The summed E-state index contributed by atoms with van der Waals surface area (Å²) in [6.07, 6.45) is 10.6. The van der Waals surface area contributed by atoms with Gasteiger partial charge in [-0.1, -0.05) is 39.5 Å². The van der Waals surface area contributed by atoms with Crippen LogP contribution in [0.4, 0.5) is 0 Å². The highest BCUT2D eigenvalue weighted by molar-refractivity contribution is 5.15. The first kappa shape index (κ1) is 15.6. The summed E-state index contributed by atoms with van der Waals surface area (Å²) in [7, 11) is 2.10. The Hall–Kier alpha value is -0.830. The molecule has 1 atom stereocenters. The standard InChI is InChI=1S/C17H31N3/c1-4-12-18-17(14-10-8-6-7-9-11-14)16-13-15(5-2)19-20(16)3/h13-14,17-18H,4-12H2,1-3H3. The number of aromatic nitrogens is 2. The second-order valence-corrected chi connectivity index (χ2v) is 6.22. The molecule has 3 heteroatoms. The van der Waals surface area contributed by atoms with E-state index < -0.39 is 0 Å². The summed E-state index contributed by atoms with van der Waals surface area (Å²) in [4.78, 5) is 0. The molecule has 1 aliphatic carbocycles. The fourth-order valence-electron chi connectivity index (χ4n) is 3.46. The molecule has 2 rings (SSSR count). The predicted octanol–water partition coefficient (Wildman–Crippen LogP) is 3.99. The minimum Gasteiger partial charge on any atom is -0.308 e. The zero-order valence-electron chi connectivity index (χ0n) is 13.5. The van der Waals surface area contributed by atoms with Crippen molar-refractivity contribution in [1.29, 1.82) is 0 Å². The lowest BCUT2D eigenvalue weighted by atomic mass is 9.89. The van der Waals surface area contributed by atoms with Crippen molar-refractivity contribution in [3.05, 3.63) is 17.5 Å². The van der Waals surface area contributed by atoms with Gasteiger partial charge in [0, 0.05) is 7.05 Å². The summed E-state index contributed by atoms with van der Waals surface area (Å²) in [6.45, 7) is 5.54. The van der Waals surface area contributed by atoms with Gasteiger partial charge in [-0.05, 0) is 44.2 Å². The fraction of sp³-hybridized carbons (Fsp3) is 0.824. The van der Waals surface area contributed by atoms with Crippen LogP contribution < -0.4 is 5.32 Å².